The predicted octanol–water partition coefficient (Wildman–Crippen LogP) is 2.55. The van der Waals surface area contributed by atoms with Gasteiger partial charge in [0.25, 0.3) is 5.91 Å². The number of aryl methyl sites for hydroxylation is 2. The van der Waals surface area contributed by atoms with E-state index in [1.165, 1.54) is 0 Å². The summed E-state index contributed by atoms with van der Waals surface area (Å²) in [6, 6.07) is 9.11. The fourth-order valence-corrected chi connectivity index (χ4v) is 3.14. The highest BCUT2D eigenvalue weighted by molar-refractivity contribution is 5.78. The number of benzene rings is 1. The number of nitrogens with zero attached hydrogens (tertiary/aromatic N) is 3. The molecule has 1 aromatic carbocycles. The van der Waals surface area contributed by atoms with Crippen molar-refractivity contribution in [2.24, 2.45) is 0 Å². The molecule has 1 unspecified atom stereocenters. The van der Waals surface area contributed by atoms with E-state index in [0.29, 0.717) is 36.3 Å². The number of piperidine rings is 1. The van der Waals surface area contributed by atoms with Gasteiger partial charge in [-0.05, 0) is 38.8 Å². The van der Waals surface area contributed by atoms with E-state index in [4.69, 9.17) is 14.2 Å². The van der Waals surface area contributed by atoms with Crippen LogP contribution in [-0.4, -0.2) is 53.7 Å². The van der Waals surface area contributed by atoms with Crippen LogP contribution >= 0.6 is 0 Å². The van der Waals surface area contributed by atoms with Gasteiger partial charge in [0, 0.05) is 18.3 Å². The van der Waals surface area contributed by atoms with Crippen LogP contribution in [0.4, 0.5) is 0 Å². The Morgan fingerprint density at radius 3 is 2.74 bits per heavy atom. The molecule has 1 atom stereocenters. The SMILES string of the molecule is COc1ccccc1OCC(=O)N1CCCC(Oc2cc(C)nc(C)n2)C1. The van der Waals surface area contributed by atoms with E-state index in [2.05, 4.69) is 9.97 Å². The maximum atomic E-state index is 12.6. The number of likely N-dealkylation sites (tertiary alicyclic amines) is 1. The Bertz CT molecular complexity index is 776. The lowest BCUT2D eigenvalue weighted by Gasteiger charge is -2.32. The molecule has 0 bridgehead atoms. The molecule has 7 nitrogen and oxygen atoms in total. The standard InChI is InChI=1S/C20H25N3O4/c1-14-11-19(22-15(2)21-14)27-16-7-6-10-23(12-16)20(24)13-26-18-9-5-4-8-17(18)25-3/h4-5,8-9,11,16H,6-7,10,12-13H2,1-3H3. The number of para-hydroxylation sites is 2. The van der Waals surface area contributed by atoms with Gasteiger partial charge in [0.1, 0.15) is 11.9 Å². The Balaban J connectivity index is 1.56. The van der Waals surface area contributed by atoms with Crippen LogP contribution in [-0.2, 0) is 4.79 Å². The quantitative estimate of drug-likeness (QED) is 0.777. The summed E-state index contributed by atoms with van der Waals surface area (Å²) in [6.07, 6.45) is 1.69. The smallest absolute Gasteiger partial charge is 0.260 e. The summed E-state index contributed by atoms with van der Waals surface area (Å²) in [7, 11) is 1.58. The van der Waals surface area contributed by atoms with Crippen LogP contribution in [0.5, 0.6) is 17.4 Å². The first-order chi connectivity index (χ1) is 13.0. The van der Waals surface area contributed by atoms with Crippen LogP contribution in [0.15, 0.2) is 30.3 Å². The van der Waals surface area contributed by atoms with Gasteiger partial charge in [-0.2, -0.15) is 4.98 Å². The number of ether oxygens (including phenoxy) is 3. The molecule has 2 heterocycles. The molecule has 1 aliphatic rings. The first-order valence-corrected chi connectivity index (χ1v) is 9.07. The van der Waals surface area contributed by atoms with Crippen LogP contribution in [0, 0.1) is 13.8 Å². The van der Waals surface area contributed by atoms with Gasteiger partial charge >= 0.3 is 0 Å². The molecule has 1 amide bonds. The summed E-state index contributed by atoms with van der Waals surface area (Å²) in [5.41, 5.74) is 0.867. The maximum absolute atomic E-state index is 12.6. The predicted molar refractivity (Wildman–Crippen MR) is 100 cm³/mol. The van der Waals surface area contributed by atoms with Crippen LogP contribution < -0.4 is 14.2 Å². The van der Waals surface area contributed by atoms with Crippen molar-refractivity contribution < 1.29 is 19.0 Å². The van der Waals surface area contributed by atoms with Gasteiger partial charge in [0.15, 0.2) is 18.1 Å². The normalized spacial score (nSPS) is 16.7. The molecule has 0 saturated carbocycles. The molecule has 1 aromatic heterocycles. The maximum Gasteiger partial charge on any atom is 0.260 e. The van der Waals surface area contributed by atoms with Gasteiger partial charge < -0.3 is 19.1 Å². The van der Waals surface area contributed by atoms with Gasteiger partial charge in [0.05, 0.1) is 13.7 Å². The van der Waals surface area contributed by atoms with E-state index in [1.54, 1.807) is 24.1 Å². The Kier molecular flexibility index (Phi) is 6.11. The van der Waals surface area contributed by atoms with Crippen molar-refractivity contribution in [1.82, 2.24) is 14.9 Å². The Hall–Kier alpha value is -2.83. The third kappa shape index (κ3) is 5.09. The van der Waals surface area contributed by atoms with Gasteiger partial charge in [-0.25, -0.2) is 4.98 Å². The number of methoxy groups -OCH3 is 1. The number of carbonyl (C=O) groups excluding carboxylic acids is 1. The summed E-state index contributed by atoms with van der Waals surface area (Å²) in [5, 5.41) is 0. The molecule has 7 heteroatoms. The van der Waals surface area contributed by atoms with E-state index < -0.39 is 0 Å². The van der Waals surface area contributed by atoms with Crippen molar-refractivity contribution in [3.63, 3.8) is 0 Å². The molecule has 1 aliphatic heterocycles. The number of amides is 1. The van der Waals surface area contributed by atoms with Crippen LogP contribution in [0.3, 0.4) is 0 Å². The Morgan fingerprint density at radius 2 is 2.00 bits per heavy atom. The lowest BCUT2D eigenvalue weighted by molar-refractivity contribution is -0.136. The molecular weight excluding hydrogens is 346 g/mol. The summed E-state index contributed by atoms with van der Waals surface area (Å²) in [4.78, 5) is 22.9. The lowest BCUT2D eigenvalue weighted by atomic mass is 10.1. The van der Waals surface area contributed by atoms with E-state index >= 15 is 0 Å². The zero-order valence-corrected chi connectivity index (χ0v) is 16.0. The zero-order chi connectivity index (χ0) is 19.2. The minimum Gasteiger partial charge on any atom is -0.493 e. The first kappa shape index (κ1) is 18.9. The summed E-state index contributed by atoms with van der Waals surface area (Å²) in [6.45, 7) is 4.95. The molecule has 27 heavy (non-hydrogen) atoms. The number of hydrogen-bond donors (Lipinski definition) is 0. The second-order valence-corrected chi connectivity index (χ2v) is 6.56. The van der Waals surface area contributed by atoms with Crippen LogP contribution in [0.1, 0.15) is 24.4 Å². The third-order valence-corrected chi connectivity index (χ3v) is 4.38. The molecule has 0 spiro atoms. The van der Waals surface area contributed by atoms with Crippen molar-refractivity contribution >= 4 is 5.91 Å². The van der Waals surface area contributed by atoms with Crippen molar-refractivity contribution in [1.29, 1.82) is 0 Å². The lowest BCUT2D eigenvalue weighted by Crippen LogP contribution is -2.46. The Morgan fingerprint density at radius 1 is 1.22 bits per heavy atom. The monoisotopic (exact) mass is 371 g/mol. The average Bonchev–Trinajstić information content (AvgIpc) is 2.65. The van der Waals surface area contributed by atoms with Crippen molar-refractivity contribution in [3.8, 4) is 17.4 Å². The highest BCUT2D eigenvalue weighted by Gasteiger charge is 2.25. The molecule has 2 aromatic rings. The topological polar surface area (TPSA) is 73.8 Å². The molecule has 0 radical (unpaired) electrons. The fourth-order valence-electron chi connectivity index (χ4n) is 3.14. The summed E-state index contributed by atoms with van der Waals surface area (Å²) in [5.74, 6) is 2.34. The van der Waals surface area contributed by atoms with Crippen molar-refractivity contribution in [2.75, 3.05) is 26.8 Å². The highest BCUT2D eigenvalue weighted by atomic mass is 16.5. The van der Waals surface area contributed by atoms with Gasteiger partial charge in [0.2, 0.25) is 5.88 Å². The minimum absolute atomic E-state index is 0.0290. The van der Waals surface area contributed by atoms with Gasteiger partial charge in [-0.1, -0.05) is 12.1 Å². The minimum atomic E-state index is -0.0809. The van der Waals surface area contributed by atoms with E-state index in [-0.39, 0.29) is 18.6 Å². The molecular formula is C20H25N3O4. The molecule has 3 rings (SSSR count). The second kappa shape index (κ2) is 8.70. The largest absolute Gasteiger partial charge is 0.493 e. The van der Waals surface area contributed by atoms with E-state index in [1.807, 2.05) is 32.0 Å². The third-order valence-electron chi connectivity index (χ3n) is 4.38. The van der Waals surface area contributed by atoms with Gasteiger partial charge in [-0.15, -0.1) is 0 Å². The van der Waals surface area contributed by atoms with Crippen LogP contribution in [0.2, 0.25) is 0 Å². The van der Waals surface area contributed by atoms with E-state index in [9.17, 15) is 4.79 Å². The molecule has 1 saturated heterocycles. The van der Waals surface area contributed by atoms with Gasteiger partial charge in [-0.3, -0.25) is 4.79 Å². The first-order valence-electron chi connectivity index (χ1n) is 9.07. The van der Waals surface area contributed by atoms with Crippen molar-refractivity contribution in [2.45, 2.75) is 32.8 Å². The summed E-state index contributed by atoms with van der Waals surface area (Å²) >= 11 is 0. The number of carbonyl (C=O) groups is 1. The average molecular weight is 371 g/mol. The van der Waals surface area contributed by atoms with E-state index in [0.717, 1.165) is 18.5 Å². The molecule has 1 fully saturated rings. The Labute approximate surface area is 159 Å². The highest BCUT2D eigenvalue weighted by Crippen LogP contribution is 2.26. The molecule has 144 valence electrons. The number of rotatable bonds is 6. The van der Waals surface area contributed by atoms with Crippen LogP contribution in [0.25, 0.3) is 0 Å². The fraction of sp³-hybridized carbons (Fsp3) is 0.450. The number of hydrogen-bond acceptors (Lipinski definition) is 6. The second-order valence-electron chi connectivity index (χ2n) is 6.56. The molecule has 0 aliphatic carbocycles. The van der Waals surface area contributed by atoms with Crippen molar-refractivity contribution in [3.05, 3.63) is 41.9 Å². The number of aromatic nitrogens is 2. The summed E-state index contributed by atoms with van der Waals surface area (Å²) < 4.78 is 16.9. The zero-order valence-electron chi connectivity index (χ0n) is 16.0. The molecule has 0 N–H and O–H groups in total.